The third kappa shape index (κ3) is 2.09. The monoisotopic (exact) mass is 218 g/mol. The van der Waals surface area contributed by atoms with Gasteiger partial charge in [-0.2, -0.15) is 0 Å². The molecule has 0 saturated heterocycles. The molecule has 0 fully saturated rings. The zero-order chi connectivity index (χ0) is 11.5. The van der Waals surface area contributed by atoms with E-state index in [0.717, 1.165) is 25.3 Å². The third-order valence-electron chi connectivity index (χ3n) is 2.88. The van der Waals surface area contributed by atoms with Crippen LogP contribution in [-0.2, 0) is 11.3 Å². The Labute approximate surface area is 96.5 Å². The van der Waals surface area contributed by atoms with Gasteiger partial charge < -0.3 is 9.64 Å². The lowest BCUT2D eigenvalue weighted by molar-refractivity contribution is 0.0600. The van der Waals surface area contributed by atoms with Crippen molar-refractivity contribution in [2.45, 2.75) is 26.5 Å². The summed E-state index contributed by atoms with van der Waals surface area (Å²) in [5.74, 6) is 0.627. The van der Waals surface area contributed by atoms with Gasteiger partial charge in [-0.3, -0.25) is 5.41 Å². The van der Waals surface area contributed by atoms with Crippen molar-refractivity contribution in [1.29, 1.82) is 5.41 Å². The van der Waals surface area contributed by atoms with Crippen molar-refractivity contribution in [2.75, 3.05) is 13.2 Å². The minimum absolute atomic E-state index is 0.180. The summed E-state index contributed by atoms with van der Waals surface area (Å²) in [5, 5.41) is 8.08. The van der Waals surface area contributed by atoms with Crippen LogP contribution in [-0.4, -0.2) is 30.0 Å². The highest BCUT2D eigenvalue weighted by molar-refractivity contribution is 6.00. The number of benzene rings is 1. The molecule has 0 bridgehead atoms. The number of nitrogens with zero attached hydrogens (tertiary/aromatic N) is 1. The summed E-state index contributed by atoms with van der Waals surface area (Å²) in [4.78, 5) is 2.07. The maximum Gasteiger partial charge on any atom is 0.128 e. The second-order valence-electron chi connectivity index (χ2n) is 4.15. The van der Waals surface area contributed by atoms with E-state index in [2.05, 4.69) is 17.9 Å². The normalized spacial score (nSPS) is 16.4. The molecule has 1 aromatic carbocycles. The molecule has 1 aliphatic rings. The molecule has 1 heterocycles. The van der Waals surface area contributed by atoms with Crippen LogP contribution in [0.3, 0.4) is 0 Å². The summed E-state index contributed by atoms with van der Waals surface area (Å²) in [5.41, 5.74) is 2.31. The van der Waals surface area contributed by atoms with Crippen LogP contribution in [0.1, 0.15) is 25.0 Å². The summed E-state index contributed by atoms with van der Waals surface area (Å²) >= 11 is 0. The lowest BCUT2D eigenvalue weighted by Gasteiger charge is -2.22. The highest BCUT2D eigenvalue weighted by Crippen LogP contribution is 2.22. The van der Waals surface area contributed by atoms with Gasteiger partial charge in [-0.1, -0.05) is 24.3 Å². The van der Waals surface area contributed by atoms with Gasteiger partial charge in [-0.15, -0.1) is 0 Å². The molecule has 0 saturated carbocycles. The zero-order valence-corrected chi connectivity index (χ0v) is 9.86. The standard InChI is InChI=1S/C13H18N2O/c1-3-16-10(2)8-15-9-11-6-4-5-7-12(11)13(15)14/h4-7,10,14H,3,8-9H2,1-2H3. The minimum Gasteiger partial charge on any atom is -0.377 e. The van der Waals surface area contributed by atoms with Crippen molar-refractivity contribution in [3.63, 3.8) is 0 Å². The summed E-state index contributed by atoms with van der Waals surface area (Å²) in [6, 6.07) is 8.13. The van der Waals surface area contributed by atoms with E-state index in [1.165, 1.54) is 5.56 Å². The Hall–Kier alpha value is -1.35. The number of rotatable bonds is 4. The average molecular weight is 218 g/mol. The molecule has 86 valence electrons. The number of ether oxygens (including phenoxy) is 1. The molecule has 2 rings (SSSR count). The minimum atomic E-state index is 0.180. The van der Waals surface area contributed by atoms with Crippen LogP contribution < -0.4 is 0 Å². The van der Waals surface area contributed by atoms with Crippen LogP contribution in [0.5, 0.6) is 0 Å². The van der Waals surface area contributed by atoms with Crippen LogP contribution >= 0.6 is 0 Å². The van der Waals surface area contributed by atoms with E-state index in [4.69, 9.17) is 10.1 Å². The van der Waals surface area contributed by atoms with Gasteiger partial charge >= 0.3 is 0 Å². The van der Waals surface area contributed by atoms with Crippen LogP contribution in [0.15, 0.2) is 24.3 Å². The van der Waals surface area contributed by atoms with Crippen molar-refractivity contribution in [1.82, 2.24) is 4.90 Å². The highest BCUT2D eigenvalue weighted by Gasteiger charge is 2.24. The molecule has 3 nitrogen and oxygen atoms in total. The van der Waals surface area contributed by atoms with Gasteiger partial charge in [-0.05, 0) is 19.4 Å². The Morgan fingerprint density at radius 2 is 2.19 bits per heavy atom. The Morgan fingerprint density at radius 3 is 2.88 bits per heavy atom. The van der Waals surface area contributed by atoms with Gasteiger partial charge in [0.1, 0.15) is 5.84 Å². The molecular formula is C13H18N2O. The van der Waals surface area contributed by atoms with Crippen molar-refractivity contribution >= 4 is 5.84 Å². The molecule has 3 heteroatoms. The number of hydrogen-bond donors (Lipinski definition) is 1. The van der Waals surface area contributed by atoms with Crippen LogP contribution in [0.25, 0.3) is 0 Å². The van der Waals surface area contributed by atoms with E-state index < -0.39 is 0 Å². The third-order valence-corrected chi connectivity index (χ3v) is 2.88. The van der Waals surface area contributed by atoms with E-state index in [1.807, 2.05) is 25.1 Å². The van der Waals surface area contributed by atoms with Gasteiger partial charge in [0.2, 0.25) is 0 Å². The Morgan fingerprint density at radius 1 is 1.44 bits per heavy atom. The predicted octanol–water partition coefficient (Wildman–Crippen LogP) is 2.25. The van der Waals surface area contributed by atoms with Crippen molar-refractivity contribution < 1.29 is 4.74 Å². The number of fused-ring (bicyclic) bond motifs is 1. The number of nitrogens with one attached hydrogen (secondary N) is 1. The smallest absolute Gasteiger partial charge is 0.128 e. The van der Waals surface area contributed by atoms with E-state index in [-0.39, 0.29) is 6.10 Å². The molecule has 1 N–H and O–H groups in total. The molecule has 0 radical (unpaired) electrons. The highest BCUT2D eigenvalue weighted by atomic mass is 16.5. The van der Waals surface area contributed by atoms with Gasteiger partial charge in [0.25, 0.3) is 0 Å². The first-order valence-electron chi connectivity index (χ1n) is 5.75. The average Bonchev–Trinajstić information content (AvgIpc) is 2.57. The maximum absolute atomic E-state index is 8.08. The number of hydrogen-bond acceptors (Lipinski definition) is 2. The topological polar surface area (TPSA) is 36.3 Å². The SMILES string of the molecule is CCOC(C)CN1Cc2ccccc2C1=N. The maximum atomic E-state index is 8.08. The zero-order valence-electron chi connectivity index (χ0n) is 9.86. The predicted molar refractivity (Wildman–Crippen MR) is 64.8 cm³/mol. The Kier molecular flexibility index (Phi) is 3.25. The lowest BCUT2D eigenvalue weighted by atomic mass is 10.1. The fraction of sp³-hybridized carbons (Fsp3) is 0.462. The Bertz CT molecular complexity index is 389. The van der Waals surface area contributed by atoms with Gasteiger partial charge in [0.05, 0.1) is 6.10 Å². The molecule has 0 aromatic heterocycles. The van der Waals surface area contributed by atoms with E-state index >= 15 is 0 Å². The van der Waals surface area contributed by atoms with Gasteiger partial charge in [0.15, 0.2) is 0 Å². The fourth-order valence-corrected chi connectivity index (χ4v) is 2.15. The number of amidine groups is 1. The lowest BCUT2D eigenvalue weighted by Crippen LogP contribution is -2.32. The van der Waals surface area contributed by atoms with E-state index in [0.29, 0.717) is 5.84 Å². The second kappa shape index (κ2) is 4.66. The first kappa shape index (κ1) is 11.1. The van der Waals surface area contributed by atoms with Gasteiger partial charge in [0, 0.05) is 25.3 Å². The quantitative estimate of drug-likeness (QED) is 0.841. The molecule has 0 amide bonds. The molecule has 0 spiro atoms. The van der Waals surface area contributed by atoms with Crippen molar-refractivity contribution in [3.05, 3.63) is 35.4 Å². The van der Waals surface area contributed by atoms with Crippen LogP contribution in [0.4, 0.5) is 0 Å². The molecule has 0 aliphatic carbocycles. The van der Waals surface area contributed by atoms with Gasteiger partial charge in [-0.25, -0.2) is 0 Å². The van der Waals surface area contributed by atoms with Crippen LogP contribution in [0, 0.1) is 5.41 Å². The molecule has 1 aliphatic heterocycles. The summed E-state index contributed by atoms with van der Waals surface area (Å²) in [6.07, 6.45) is 0.180. The molecular weight excluding hydrogens is 200 g/mol. The molecule has 16 heavy (non-hydrogen) atoms. The first-order valence-corrected chi connectivity index (χ1v) is 5.75. The summed E-state index contributed by atoms with van der Waals surface area (Å²) in [6.45, 7) is 6.42. The fourth-order valence-electron chi connectivity index (χ4n) is 2.15. The molecule has 1 atom stereocenters. The van der Waals surface area contributed by atoms with Crippen molar-refractivity contribution in [2.24, 2.45) is 0 Å². The van der Waals surface area contributed by atoms with E-state index in [1.54, 1.807) is 0 Å². The first-order chi connectivity index (χ1) is 7.72. The van der Waals surface area contributed by atoms with Crippen molar-refractivity contribution in [3.8, 4) is 0 Å². The summed E-state index contributed by atoms with van der Waals surface area (Å²) < 4.78 is 5.51. The van der Waals surface area contributed by atoms with Crippen LogP contribution in [0.2, 0.25) is 0 Å². The second-order valence-corrected chi connectivity index (χ2v) is 4.15. The largest absolute Gasteiger partial charge is 0.377 e. The molecule has 1 aromatic rings. The Balaban J connectivity index is 2.04. The van der Waals surface area contributed by atoms with E-state index in [9.17, 15) is 0 Å². The summed E-state index contributed by atoms with van der Waals surface area (Å²) in [7, 11) is 0. The molecule has 1 unspecified atom stereocenters.